The molecule has 1 aromatic heterocycles. The molecule has 30 heavy (non-hydrogen) atoms. The topological polar surface area (TPSA) is 103 Å². The lowest BCUT2D eigenvalue weighted by Gasteiger charge is -2.19. The number of carbonyl (C=O) groups is 2. The van der Waals surface area contributed by atoms with Crippen LogP contribution in [0.1, 0.15) is 41.2 Å². The highest BCUT2D eigenvalue weighted by Gasteiger charge is 2.38. The number of nitrogens with zero attached hydrogens (tertiary/aromatic N) is 1. The monoisotopic (exact) mass is 481 g/mol. The Labute approximate surface area is 178 Å². The largest absolute Gasteiger partial charge is 0.462 e. The number of carbonyl (C=O) groups excluding carboxylic acids is 2. The Morgan fingerprint density at radius 1 is 1.27 bits per heavy atom. The highest BCUT2D eigenvalue weighted by Crippen LogP contribution is 2.37. The summed E-state index contributed by atoms with van der Waals surface area (Å²) in [6, 6.07) is 3.99. The molecule has 3 N–H and O–H groups in total. The van der Waals surface area contributed by atoms with Crippen molar-refractivity contribution in [1.29, 1.82) is 0 Å². The number of amides is 1. The maximum Gasteiger partial charge on any atom is 0.342 e. The lowest BCUT2D eigenvalue weighted by atomic mass is 9.98. The molecule has 1 aromatic carbocycles. The van der Waals surface area contributed by atoms with E-state index in [9.17, 15) is 18.8 Å². The Kier molecular flexibility index (Phi) is 5.35. The molecule has 1 aliphatic heterocycles. The number of fused-ring (bicyclic) bond motifs is 1. The average Bonchev–Trinajstić information content (AvgIpc) is 3.42. The van der Waals surface area contributed by atoms with Gasteiger partial charge in [0.1, 0.15) is 11.4 Å². The summed E-state index contributed by atoms with van der Waals surface area (Å²) >= 11 is 3.13. The van der Waals surface area contributed by atoms with Crippen molar-refractivity contribution in [3.8, 4) is 0 Å². The number of halogens is 3. The number of anilines is 2. The number of primary amides is 1. The fourth-order valence-corrected chi connectivity index (χ4v) is 3.90. The number of hydrogen-bond acceptors (Lipinski definition) is 5. The van der Waals surface area contributed by atoms with Crippen LogP contribution in [0.2, 0.25) is 0 Å². The molecule has 1 aliphatic carbocycles. The number of pyridine rings is 1. The van der Waals surface area contributed by atoms with Gasteiger partial charge in [0.05, 0.1) is 29.6 Å². The zero-order valence-corrected chi connectivity index (χ0v) is 17.3. The summed E-state index contributed by atoms with van der Waals surface area (Å²) in [6.07, 6.45) is 2.00. The van der Waals surface area contributed by atoms with E-state index in [1.54, 1.807) is 0 Å². The second-order valence-corrected chi connectivity index (χ2v) is 8.36. The van der Waals surface area contributed by atoms with E-state index in [0.717, 1.165) is 23.5 Å². The Bertz CT molecular complexity index is 1110. The number of benzene rings is 1. The Morgan fingerprint density at radius 3 is 2.63 bits per heavy atom. The van der Waals surface area contributed by atoms with E-state index >= 15 is 4.39 Å². The van der Waals surface area contributed by atoms with Crippen molar-refractivity contribution in [2.75, 3.05) is 11.9 Å². The van der Waals surface area contributed by atoms with Crippen LogP contribution in [0.15, 0.2) is 27.5 Å². The molecule has 2 heterocycles. The number of ether oxygens (including phenoxy) is 1. The SMILES string of the molecule is NC(=O)C1CCn2c1c(C(=O)OCC1CC1)c(Nc1ccc(Br)cc1F)c(F)c2=O. The molecule has 1 saturated carbocycles. The maximum atomic E-state index is 15.1. The molecule has 0 bridgehead atoms. The van der Waals surface area contributed by atoms with Gasteiger partial charge in [0, 0.05) is 11.0 Å². The standard InChI is InChI=1S/C20H18BrF2N3O4/c21-10-3-4-13(12(22)7-10)25-16-14(20(29)30-8-9-1-2-9)17-11(18(24)27)5-6-26(17)19(28)15(16)23/h3-4,7,9,11,25H,1-2,5-6,8H2,(H2,24,27). The van der Waals surface area contributed by atoms with Crippen molar-refractivity contribution >= 4 is 39.2 Å². The molecule has 1 amide bonds. The lowest BCUT2D eigenvalue weighted by Crippen LogP contribution is -2.30. The number of hydrogen-bond donors (Lipinski definition) is 2. The average molecular weight is 482 g/mol. The lowest BCUT2D eigenvalue weighted by molar-refractivity contribution is -0.119. The van der Waals surface area contributed by atoms with Crippen LogP contribution in [0.25, 0.3) is 0 Å². The second kappa shape index (κ2) is 7.82. The molecule has 0 saturated heterocycles. The Balaban J connectivity index is 1.87. The summed E-state index contributed by atoms with van der Waals surface area (Å²) in [6.45, 7) is 0.181. The molecule has 0 spiro atoms. The van der Waals surface area contributed by atoms with Gasteiger partial charge in [-0.2, -0.15) is 4.39 Å². The van der Waals surface area contributed by atoms with Crippen molar-refractivity contribution in [2.45, 2.75) is 31.7 Å². The van der Waals surface area contributed by atoms with Crippen molar-refractivity contribution in [3.05, 3.63) is 55.9 Å². The third-order valence-corrected chi connectivity index (χ3v) is 5.80. The third-order valence-electron chi connectivity index (χ3n) is 5.31. The van der Waals surface area contributed by atoms with Crippen molar-refractivity contribution in [1.82, 2.24) is 4.57 Å². The second-order valence-electron chi connectivity index (χ2n) is 7.44. The molecule has 10 heteroatoms. The van der Waals surface area contributed by atoms with Crippen LogP contribution in [0.4, 0.5) is 20.2 Å². The number of nitrogens with one attached hydrogen (secondary N) is 1. The van der Waals surface area contributed by atoms with E-state index in [-0.39, 0.29) is 42.4 Å². The molecule has 158 valence electrons. The first-order valence-electron chi connectivity index (χ1n) is 9.42. The first kappa shape index (κ1) is 20.5. The van der Waals surface area contributed by atoms with E-state index in [2.05, 4.69) is 21.2 Å². The molecule has 1 fully saturated rings. The molecule has 0 radical (unpaired) electrons. The predicted molar refractivity (Wildman–Crippen MR) is 108 cm³/mol. The van der Waals surface area contributed by atoms with Crippen LogP contribution in [0.5, 0.6) is 0 Å². The minimum absolute atomic E-state index is 0.00489. The highest BCUT2D eigenvalue weighted by atomic mass is 79.9. The van der Waals surface area contributed by atoms with Gasteiger partial charge in [-0.1, -0.05) is 15.9 Å². The first-order chi connectivity index (χ1) is 14.3. The van der Waals surface area contributed by atoms with Gasteiger partial charge >= 0.3 is 5.97 Å². The molecule has 2 aromatic rings. The smallest absolute Gasteiger partial charge is 0.342 e. The fraction of sp³-hybridized carbons (Fsp3) is 0.350. The maximum absolute atomic E-state index is 15.1. The van der Waals surface area contributed by atoms with Crippen LogP contribution in [0.3, 0.4) is 0 Å². The van der Waals surface area contributed by atoms with Crippen LogP contribution in [-0.2, 0) is 16.1 Å². The van der Waals surface area contributed by atoms with E-state index in [1.807, 2.05) is 0 Å². The summed E-state index contributed by atoms with van der Waals surface area (Å²) in [4.78, 5) is 37.4. The minimum Gasteiger partial charge on any atom is -0.462 e. The van der Waals surface area contributed by atoms with Crippen LogP contribution >= 0.6 is 15.9 Å². The van der Waals surface area contributed by atoms with Crippen LogP contribution in [-0.4, -0.2) is 23.1 Å². The molecule has 1 atom stereocenters. The van der Waals surface area contributed by atoms with Gasteiger partial charge in [-0.05, 0) is 43.4 Å². The van der Waals surface area contributed by atoms with Crippen LogP contribution < -0.4 is 16.6 Å². The van der Waals surface area contributed by atoms with Crippen LogP contribution in [0, 0.1) is 17.6 Å². The zero-order chi connectivity index (χ0) is 21.6. The molecular formula is C20H18BrF2N3O4. The normalized spacial score (nSPS) is 17.5. The van der Waals surface area contributed by atoms with Gasteiger partial charge in [0.25, 0.3) is 5.56 Å². The van der Waals surface area contributed by atoms with E-state index in [0.29, 0.717) is 4.47 Å². The predicted octanol–water partition coefficient (Wildman–Crippen LogP) is 3.17. The molecular weight excluding hydrogens is 464 g/mol. The minimum atomic E-state index is -1.26. The van der Waals surface area contributed by atoms with Gasteiger partial charge in [-0.15, -0.1) is 0 Å². The summed E-state index contributed by atoms with van der Waals surface area (Å²) in [5, 5.41) is 2.51. The summed E-state index contributed by atoms with van der Waals surface area (Å²) < 4.78 is 36.2. The highest BCUT2D eigenvalue weighted by molar-refractivity contribution is 9.10. The van der Waals surface area contributed by atoms with Gasteiger partial charge in [0.2, 0.25) is 11.7 Å². The zero-order valence-electron chi connectivity index (χ0n) is 15.7. The van der Waals surface area contributed by atoms with Crippen molar-refractivity contribution in [3.63, 3.8) is 0 Å². The summed E-state index contributed by atoms with van der Waals surface area (Å²) in [5.74, 6) is -4.35. The quantitative estimate of drug-likeness (QED) is 0.616. The fourth-order valence-electron chi connectivity index (χ4n) is 3.56. The molecule has 2 aliphatic rings. The molecule has 7 nitrogen and oxygen atoms in total. The van der Waals surface area contributed by atoms with Gasteiger partial charge in [-0.25, -0.2) is 9.18 Å². The van der Waals surface area contributed by atoms with Crippen molar-refractivity contribution < 1.29 is 23.1 Å². The van der Waals surface area contributed by atoms with E-state index < -0.39 is 40.7 Å². The van der Waals surface area contributed by atoms with E-state index in [4.69, 9.17) is 10.5 Å². The molecule has 4 rings (SSSR count). The number of nitrogens with two attached hydrogens (primary N) is 1. The Hall–Kier alpha value is -2.75. The first-order valence-corrected chi connectivity index (χ1v) is 10.2. The number of rotatable bonds is 6. The Morgan fingerprint density at radius 2 is 2.00 bits per heavy atom. The van der Waals surface area contributed by atoms with E-state index in [1.165, 1.54) is 12.1 Å². The number of esters is 1. The van der Waals surface area contributed by atoms with Gasteiger partial charge < -0.3 is 20.4 Å². The van der Waals surface area contributed by atoms with Gasteiger partial charge in [-0.3, -0.25) is 9.59 Å². The number of aromatic nitrogens is 1. The molecule has 1 unspecified atom stereocenters. The van der Waals surface area contributed by atoms with Gasteiger partial charge in [0.15, 0.2) is 0 Å². The third kappa shape index (κ3) is 3.71. The van der Waals surface area contributed by atoms with Crippen molar-refractivity contribution in [2.24, 2.45) is 11.7 Å². The summed E-state index contributed by atoms with van der Waals surface area (Å²) in [7, 11) is 0. The summed E-state index contributed by atoms with van der Waals surface area (Å²) in [5.41, 5.74) is 3.45.